The van der Waals surface area contributed by atoms with E-state index in [0.717, 1.165) is 0 Å². The molecule has 0 aliphatic rings. The Balaban J connectivity index is 3.24. The van der Waals surface area contributed by atoms with Gasteiger partial charge in [-0.25, -0.2) is 4.79 Å². The molecule has 11 atom stereocenters. The van der Waals surface area contributed by atoms with Crippen molar-refractivity contribution in [2.75, 3.05) is 13.1 Å². The number of aliphatic carboxylic acids is 1. The first-order chi connectivity index (χ1) is 33.3. The number of primary amides is 1. The van der Waals surface area contributed by atoms with Gasteiger partial charge >= 0.3 is 5.97 Å². The second-order valence-corrected chi connectivity index (χ2v) is 18.6. The lowest BCUT2D eigenvalue weighted by molar-refractivity contribution is -0.143. The molecule has 1 aromatic carbocycles. The van der Waals surface area contributed by atoms with Crippen molar-refractivity contribution in [2.45, 2.75) is 168 Å². The minimum Gasteiger partial charge on any atom is -0.508 e. The van der Waals surface area contributed by atoms with Crippen LogP contribution in [0.2, 0.25) is 0 Å². The predicted molar refractivity (Wildman–Crippen MR) is 264 cm³/mol. The number of amides is 9. The van der Waals surface area contributed by atoms with Gasteiger partial charge in [0.05, 0.1) is 12.6 Å². The summed E-state index contributed by atoms with van der Waals surface area (Å²) in [6, 6.07) is -3.72. The zero-order valence-electron chi connectivity index (χ0n) is 42.7. The zero-order valence-corrected chi connectivity index (χ0v) is 42.7. The number of unbranched alkanes of at least 4 members (excludes halogenated alkanes) is 1. The summed E-state index contributed by atoms with van der Waals surface area (Å²) in [4.78, 5) is 132. The number of aromatic hydroxyl groups is 1. The molecule has 0 saturated carbocycles. The van der Waals surface area contributed by atoms with Crippen molar-refractivity contribution in [1.29, 1.82) is 0 Å². The highest BCUT2D eigenvalue weighted by atomic mass is 16.4. The molecule has 0 spiro atoms. The minimum absolute atomic E-state index is 0.00240. The topological polar surface area (TPSA) is 385 Å². The number of carboxylic acid groups (broad SMARTS) is 1. The van der Waals surface area contributed by atoms with Crippen LogP contribution in [0, 0.1) is 23.7 Å². The first-order valence-corrected chi connectivity index (χ1v) is 24.5. The van der Waals surface area contributed by atoms with Gasteiger partial charge in [-0.1, -0.05) is 86.8 Å². The van der Waals surface area contributed by atoms with Crippen molar-refractivity contribution < 1.29 is 58.2 Å². The van der Waals surface area contributed by atoms with Gasteiger partial charge in [0, 0.05) is 12.8 Å². The summed E-state index contributed by atoms with van der Waals surface area (Å²) in [6.45, 7) is 14.7. The van der Waals surface area contributed by atoms with Gasteiger partial charge < -0.3 is 69.9 Å². The van der Waals surface area contributed by atoms with Gasteiger partial charge in [-0.2, -0.15) is 0 Å². The number of benzene rings is 1. The molecular weight excluding hydrogens is 923 g/mol. The quantitative estimate of drug-likeness (QED) is 0.0379. The molecule has 400 valence electrons. The van der Waals surface area contributed by atoms with Gasteiger partial charge in [0.2, 0.25) is 53.2 Å². The fourth-order valence-corrected chi connectivity index (χ4v) is 7.04. The Bertz CT molecular complexity index is 1950. The third-order valence-electron chi connectivity index (χ3n) is 12.5. The van der Waals surface area contributed by atoms with Crippen molar-refractivity contribution >= 4 is 59.1 Å². The summed E-state index contributed by atoms with van der Waals surface area (Å²) in [5.41, 5.74) is 17.8. The molecule has 0 radical (unpaired) electrons. The first kappa shape index (κ1) is 62.7. The highest BCUT2D eigenvalue weighted by Gasteiger charge is 2.36. The maximum Gasteiger partial charge on any atom is 0.326 e. The van der Waals surface area contributed by atoms with Crippen LogP contribution in [0.4, 0.5) is 0 Å². The van der Waals surface area contributed by atoms with Crippen LogP contribution in [0.1, 0.15) is 119 Å². The summed E-state index contributed by atoms with van der Waals surface area (Å²) in [7, 11) is 0. The number of hydrogen-bond donors (Lipinski definition) is 13. The van der Waals surface area contributed by atoms with Crippen molar-refractivity contribution in [3.05, 3.63) is 29.8 Å². The molecule has 0 aliphatic carbocycles. The van der Waals surface area contributed by atoms with Gasteiger partial charge in [0.1, 0.15) is 48.0 Å². The number of carboxylic acids is 1. The summed E-state index contributed by atoms with van der Waals surface area (Å²) in [6.07, 6.45) is 1.80. The van der Waals surface area contributed by atoms with Crippen molar-refractivity contribution in [3.63, 3.8) is 0 Å². The van der Waals surface area contributed by atoms with Crippen molar-refractivity contribution in [3.8, 4) is 5.75 Å². The molecular formula is C48H81N11O12. The predicted octanol–water partition coefficient (Wildman–Crippen LogP) is -0.935. The lowest BCUT2D eigenvalue weighted by Crippen LogP contribution is -2.61. The molecule has 71 heavy (non-hydrogen) atoms. The summed E-state index contributed by atoms with van der Waals surface area (Å²) in [5, 5.41) is 39.9. The van der Waals surface area contributed by atoms with E-state index in [9.17, 15) is 58.2 Å². The Labute approximate surface area is 416 Å². The smallest absolute Gasteiger partial charge is 0.326 e. The van der Waals surface area contributed by atoms with Gasteiger partial charge in [-0.05, 0) is 80.5 Å². The standard InChI is InChI=1S/C48H81N11O12/c1-10-26(6)37(51)45(67)56-34(23-30-16-18-31(60)19-17-30)44(66)54-32(15-13-14-22-49)42(64)52-24-36(62)57-38(25(4)5)46(68)58-39(27(7)11-2)47(69)55-33(20-21-35(50)61)43(65)53-29(9)41(63)59-40(48(70)71)28(8)12-3/h16-19,25-29,32-34,37-40,60H,10-15,20-24,49,51H2,1-9H3,(H2,50,61)(H,52,64)(H,53,65)(H,54,66)(H,55,69)(H,56,67)(H,57,62)(H,58,68)(H,59,63)(H,70,71)/t26-,27-,28-,29-,32-,33-,34-,37-,38-,39-,40-/m0/s1. The fraction of sp³-hybridized carbons (Fsp3) is 0.667. The zero-order chi connectivity index (χ0) is 54.1. The molecule has 0 fully saturated rings. The largest absolute Gasteiger partial charge is 0.508 e. The van der Waals surface area contributed by atoms with E-state index in [4.69, 9.17) is 17.2 Å². The van der Waals surface area contributed by atoms with Crippen LogP contribution in [-0.4, -0.2) is 131 Å². The number of rotatable bonds is 33. The molecule has 23 heteroatoms. The number of phenols is 1. The molecule has 0 unspecified atom stereocenters. The van der Waals surface area contributed by atoms with Gasteiger partial charge in [-0.15, -0.1) is 0 Å². The van der Waals surface area contributed by atoms with Crippen molar-refractivity contribution in [1.82, 2.24) is 42.5 Å². The number of carbonyl (C=O) groups excluding carboxylic acids is 9. The Morgan fingerprint density at radius 1 is 0.563 bits per heavy atom. The maximum atomic E-state index is 13.9. The Hall–Kier alpha value is -6.36. The lowest BCUT2D eigenvalue weighted by Gasteiger charge is -2.30. The van der Waals surface area contributed by atoms with E-state index in [1.807, 2.05) is 6.92 Å². The highest BCUT2D eigenvalue weighted by Crippen LogP contribution is 2.15. The Kier molecular flexibility index (Phi) is 28.0. The van der Waals surface area contributed by atoms with E-state index < -0.39 is 132 Å². The molecule has 9 amide bonds. The Morgan fingerprint density at radius 3 is 1.61 bits per heavy atom. The van der Waals surface area contributed by atoms with Gasteiger partial charge in [0.25, 0.3) is 0 Å². The molecule has 16 N–H and O–H groups in total. The van der Waals surface area contributed by atoms with Crippen LogP contribution in [-0.2, 0) is 54.4 Å². The Morgan fingerprint density at radius 2 is 1.07 bits per heavy atom. The van der Waals surface area contributed by atoms with E-state index in [0.29, 0.717) is 44.2 Å². The van der Waals surface area contributed by atoms with Crippen LogP contribution >= 0.6 is 0 Å². The second kappa shape index (κ2) is 31.8. The molecule has 0 saturated heterocycles. The molecule has 1 aromatic rings. The van der Waals surface area contributed by atoms with E-state index in [-0.39, 0.29) is 37.4 Å². The number of nitrogens with two attached hydrogens (primary N) is 3. The summed E-state index contributed by atoms with van der Waals surface area (Å²) in [5.74, 6) is -9.89. The molecule has 1 rings (SSSR count). The molecule has 0 aliphatic heterocycles. The second-order valence-electron chi connectivity index (χ2n) is 18.6. The average molecular weight is 1000 g/mol. The van der Waals surface area contributed by atoms with Crippen LogP contribution in [0.25, 0.3) is 0 Å². The van der Waals surface area contributed by atoms with Crippen LogP contribution in [0.5, 0.6) is 5.75 Å². The number of nitrogens with one attached hydrogen (secondary N) is 8. The third-order valence-corrected chi connectivity index (χ3v) is 12.5. The third kappa shape index (κ3) is 22.1. The van der Waals surface area contributed by atoms with Crippen molar-refractivity contribution in [2.24, 2.45) is 40.9 Å². The lowest BCUT2D eigenvalue weighted by atomic mass is 9.96. The molecule has 0 bridgehead atoms. The molecule has 0 heterocycles. The van der Waals surface area contributed by atoms with Crippen LogP contribution in [0.15, 0.2) is 24.3 Å². The molecule has 23 nitrogen and oxygen atoms in total. The highest BCUT2D eigenvalue weighted by molar-refractivity contribution is 5.97. The number of carbonyl (C=O) groups is 10. The van der Waals surface area contributed by atoms with Gasteiger partial charge in [-0.3, -0.25) is 43.2 Å². The number of hydrogen-bond acceptors (Lipinski definition) is 13. The van der Waals surface area contributed by atoms with E-state index in [2.05, 4.69) is 42.5 Å². The van der Waals surface area contributed by atoms with E-state index >= 15 is 0 Å². The summed E-state index contributed by atoms with van der Waals surface area (Å²) >= 11 is 0. The normalized spacial score (nSPS) is 15.8. The van der Waals surface area contributed by atoms with E-state index in [1.54, 1.807) is 60.6 Å². The number of phenolic OH excluding ortho intramolecular Hbond substituents is 1. The minimum atomic E-state index is -1.43. The average Bonchev–Trinajstić information content (AvgIpc) is 3.32. The fourth-order valence-electron chi connectivity index (χ4n) is 7.04. The SMILES string of the molecule is CC[C@H](C)[C@H](N)C(=O)N[C@@H](Cc1ccc(O)cc1)C(=O)N[C@@H](CCCCN)C(=O)NCC(=O)N[C@H](C(=O)N[C@H](C(=O)N[C@@H](CCC(N)=O)C(=O)N[C@@H](C)C(=O)N[C@H](C(=O)O)[C@@H](C)CC)[C@@H](C)CC)C(C)C. The summed E-state index contributed by atoms with van der Waals surface area (Å²) < 4.78 is 0. The first-order valence-electron chi connectivity index (χ1n) is 24.5. The van der Waals surface area contributed by atoms with Gasteiger partial charge in [0.15, 0.2) is 0 Å². The maximum absolute atomic E-state index is 13.9. The van der Waals surface area contributed by atoms with E-state index in [1.165, 1.54) is 19.1 Å². The van der Waals surface area contributed by atoms with Crippen LogP contribution < -0.4 is 59.7 Å². The molecule has 0 aromatic heterocycles. The van der Waals surface area contributed by atoms with Crippen LogP contribution in [0.3, 0.4) is 0 Å². The monoisotopic (exact) mass is 1000 g/mol.